The summed E-state index contributed by atoms with van der Waals surface area (Å²) >= 11 is 0. The van der Waals surface area contributed by atoms with Crippen molar-refractivity contribution in [2.24, 2.45) is 5.92 Å². The zero-order valence-corrected chi connectivity index (χ0v) is 16.1. The van der Waals surface area contributed by atoms with Crippen LogP contribution in [0.5, 0.6) is 0 Å². The number of sulfone groups is 1. The van der Waals surface area contributed by atoms with Crippen LogP contribution >= 0.6 is 0 Å². The number of hydrogen-bond donors (Lipinski definition) is 1. The average molecular weight is 421 g/mol. The van der Waals surface area contributed by atoms with Crippen molar-refractivity contribution in [1.82, 2.24) is 5.32 Å². The molecule has 1 aromatic rings. The molecule has 1 amide bonds. The predicted octanol–water partition coefficient (Wildman–Crippen LogP) is 4.39. The first-order chi connectivity index (χ1) is 13.0. The molecule has 2 aliphatic rings. The van der Waals surface area contributed by atoms with Gasteiger partial charge < -0.3 is 5.32 Å². The molecule has 0 aromatic heterocycles. The van der Waals surface area contributed by atoms with Gasteiger partial charge in [-0.15, -0.1) is 0 Å². The molecule has 0 heterocycles. The van der Waals surface area contributed by atoms with Gasteiger partial charge in [0, 0.05) is 12.0 Å². The summed E-state index contributed by atoms with van der Waals surface area (Å²) in [4.78, 5) is 11.5. The minimum absolute atomic E-state index is 0.0362. The van der Waals surface area contributed by atoms with Gasteiger partial charge in [0.2, 0.25) is 20.7 Å². The van der Waals surface area contributed by atoms with Crippen molar-refractivity contribution < 1.29 is 30.8 Å². The van der Waals surface area contributed by atoms with Crippen LogP contribution in [0, 0.1) is 5.92 Å². The van der Waals surface area contributed by atoms with E-state index in [1.807, 2.05) is 0 Å². The second-order valence-corrected chi connectivity index (χ2v) is 9.89. The highest BCUT2D eigenvalue weighted by Crippen LogP contribution is 2.41. The Labute approximate surface area is 161 Å². The maximum atomic E-state index is 15.3. The lowest BCUT2D eigenvalue weighted by Crippen LogP contribution is -2.46. The molecular weight excluding hydrogens is 398 g/mol. The van der Waals surface area contributed by atoms with Crippen LogP contribution in [-0.2, 0) is 20.8 Å². The fourth-order valence-electron chi connectivity index (χ4n) is 4.02. The molecule has 0 unspecified atom stereocenters. The van der Waals surface area contributed by atoms with Crippen molar-refractivity contribution in [3.8, 4) is 0 Å². The standard InChI is InChI=1S/C19H23F4NO3S/c20-18(28(26,27)16-7-3-6-14(12-16)19(21,22)23)10-8-15(9-11-18)24-17(25)13-4-1-2-5-13/h3,6-7,12-13,15H,1-2,4-5,8-11H2,(H,24,25)/t15-,18-. The summed E-state index contributed by atoms with van der Waals surface area (Å²) < 4.78 is 79.3. The zero-order chi connectivity index (χ0) is 20.6. The summed E-state index contributed by atoms with van der Waals surface area (Å²) in [5.74, 6) is -0.111. The van der Waals surface area contributed by atoms with E-state index in [0.717, 1.165) is 43.9 Å². The highest BCUT2D eigenvalue weighted by molar-refractivity contribution is 7.92. The second-order valence-electron chi connectivity index (χ2n) is 7.68. The lowest BCUT2D eigenvalue weighted by molar-refractivity contribution is -0.137. The molecule has 0 saturated heterocycles. The van der Waals surface area contributed by atoms with Gasteiger partial charge in [0.05, 0.1) is 10.5 Å². The molecule has 9 heteroatoms. The Morgan fingerprint density at radius 3 is 2.25 bits per heavy atom. The smallest absolute Gasteiger partial charge is 0.353 e. The minimum atomic E-state index is -4.71. The molecule has 2 saturated carbocycles. The van der Waals surface area contributed by atoms with Crippen LogP contribution in [0.4, 0.5) is 17.6 Å². The average Bonchev–Trinajstić information content (AvgIpc) is 3.18. The van der Waals surface area contributed by atoms with E-state index in [1.165, 1.54) is 0 Å². The van der Waals surface area contributed by atoms with E-state index in [2.05, 4.69) is 5.32 Å². The van der Waals surface area contributed by atoms with Crippen molar-refractivity contribution in [1.29, 1.82) is 0 Å². The molecule has 0 bridgehead atoms. The summed E-state index contributed by atoms with van der Waals surface area (Å²) in [7, 11) is -4.59. The van der Waals surface area contributed by atoms with Crippen molar-refractivity contribution in [3.05, 3.63) is 29.8 Å². The number of rotatable bonds is 4. The van der Waals surface area contributed by atoms with Crippen LogP contribution in [-0.4, -0.2) is 25.4 Å². The number of alkyl halides is 4. The number of halogens is 4. The van der Waals surface area contributed by atoms with E-state index in [-0.39, 0.29) is 43.6 Å². The number of benzene rings is 1. The maximum Gasteiger partial charge on any atom is 0.416 e. The quantitative estimate of drug-likeness (QED) is 0.734. The number of nitrogens with one attached hydrogen (secondary N) is 1. The van der Waals surface area contributed by atoms with E-state index in [9.17, 15) is 26.4 Å². The molecule has 28 heavy (non-hydrogen) atoms. The van der Waals surface area contributed by atoms with Crippen LogP contribution in [0.25, 0.3) is 0 Å². The maximum absolute atomic E-state index is 15.3. The molecule has 0 aliphatic heterocycles. The number of amides is 1. The Morgan fingerprint density at radius 1 is 1.07 bits per heavy atom. The first kappa shape index (κ1) is 21.1. The number of carbonyl (C=O) groups is 1. The third-order valence-corrected chi connectivity index (χ3v) is 8.00. The second kappa shape index (κ2) is 7.65. The Kier molecular flexibility index (Phi) is 5.76. The Hall–Kier alpha value is -1.64. The molecule has 2 aliphatic carbocycles. The van der Waals surface area contributed by atoms with Crippen LogP contribution in [0.15, 0.2) is 29.2 Å². The SMILES string of the molecule is O=C(N[C@H]1CC[C@](F)(S(=O)(=O)c2cccc(C(F)(F)F)c2)CC1)C1CCCC1. The van der Waals surface area contributed by atoms with E-state index in [4.69, 9.17) is 0 Å². The lowest BCUT2D eigenvalue weighted by Gasteiger charge is -2.34. The Bertz CT molecular complexity index is 824. The van der Waals surface area contributed by atoms with Crippen molar-refractivity contribution >= 4 is 15.7 Å². The van der Waals surface area contributed by atoms with Gasteiger partial charge in [-0.1, -0.05) is 18.9 Å². The van der Waals surface area contributed by atoms with Crippen molar-refractivity contribution in [2.45, 2.75) is 73.5 Å². The molecule has 4 nitrogen and oxygen atoms in total. The minimum Gasteiger partial charge on any atom is -0.353 e. The van der Waals surface area contributed by atoms with Gasteiger partial charge in [0.1, 0.15) is 0 Å². The van der Waals surface area contributed by atoms with E-state index in [1.54, 1.807) is 0 Å². The van der Waals surface area contributed by atoms with E-state index < -0.39 is 31.5 Å². The van der Waals surface area contributed by atoms with Gasteiger partial charge in [0.25, 0.3) is 0 Å². The van der Waals surface area contributed by atoms with Crippen LogP contribution < -0.4 is 5.32 Å². The van der Waals surface area contributed by atoms with Crippen LogP contribution in [0.2, 0.25) is 0 Å². The first-order valence-corrected chi connectivity index (χ1v) is 10.9. The van der Waals surface area contributed by atoms with Crippen molar-refractivity contribution in [3.63, 3.8) is 0 Å². The largest absolute Gasteiger partial charge is 0.416 e. The third-order valence-electron chi connectivity index (χ3n) is 5.76. The Balaban J connectivity index is 1.69. The summed E-state index contributed by atoms with van der Waals surface area (Å²) in [6, 6.07) is 2.87. The fraction of sp³-hybridized carbons (Fsp3) is 0.632. The van der Waals surface area contributed by atoms with E-state index in [0.29, 0.717) is 6.07 Å². The first-order valence-electron chi connectivity index (χ1n) is 9.44. The Morgan fingerprint density at radius 2 is 1.68 bits per heavy atom. The van der Waals surface area contributed by atoms with Gasteiger partial charge in [0.15, 0.2) is 0 Å². The number of hydrogen-bond acceptors (Lipinski definition) is 3. The summed E-state index contributed by atoms with van der Waals surface area (Å²) in [6.45, 7) is 0. The molecule has 156 valence electrons. The molecule has 2 fully saturated rings. The normalized spacial score (nSPS) is 26.9. The van der Waals surface area contributed by atoms with Crippen molar-refractivity contribution in [2.75, 3.05) is 0 Å². The lowest BCUT2D eigenvalue weighted by atomic mass is 9.92. The zero-order valence-electron chi connectivity index (χ0n) is 15.3. The third kappa shape index (κ3) is 4.18. The monoisotopic (exact) mass is 421 g/mol. The highest BCUT2D eigenvalue weighted by Gasteiger charge is 2.48. The van der Waals surface area contributed by atoms with Gasteiger partial charge >= 0.3 is 6.18 Å². The van der Waals surface area contributed by atoms with Gasteiger partial charge in [-0.2, -0.15) is 13.2 Å². The van der Waals surface area contributed by atoms with Crippen LogP contribution in [0.1, 0.15) is 56.9 Å². The highest BCUT2D eigenvalue weighted by atomic mass is 32.2. The molecule has 0 atom stereocenters. The topological polar surface area (TPSA) is 63.2 Å². The van der Waals surface area contributed by atoms with Crippen LogP contribution in [0.3, 0.4) is 0 Å². The predicted molar refractivity (Wildman–Crippen MR) is 94.8 cm³/mol. The van der Waals surface area contributed by atoms with Gasteiger partial charge in [-0.05, 0) is 56.7 Å². The van der Waals surface area contributed by atoms with Gasteiger partial charge in [-0.3, -0.25) is 4.79 Å². The molecule has 1 N–H and O–H groups in total. The molecular formula is C19H23F4NO3S. The number of carbonyl (C=O) groups excluding carboxylic acids is 1. The molecule has 1 aromatic carbocycles. The molecule has 3 rings (SSSR count). The van der Waals surface area contributed by atoms with Gasteiger partial charge in [-0.25, -0.2) is 12.8 Å². The summed E-state index contributed by atoms with van der Waals surface area (Å²) in [6.07, 6.45) is -1.50. The summed E-state index contributed by atoms with van der Waals surface area (Å²) in [5, 5.41) is 0.236. The molecule has 0 spiro atoms. The summed E-state index contributed by atoms with van der Waals surface area (Å²) in [5.41, 5.74) is -1.13. The molecule has 0 radical (unpaired) electrons. The van der Waals surface area contributed by atoms with E-state index >= 15 is 4.39 Å². The fourth-order valence-corrected chi connectivity index (χ4v) is 5.76.